The third-order valence-electron chi connectivity index (χ3n) is 6.52. The number of likely N-dealkylation sites (N-methyl/N-ethyl adjacent to an activating group) is 1. The molecule has 164 valence electrons. The van der Waals surface area contributed by atoms with Crippen LogP contribution in [0.2, 0.25) is 0 Å². The van der Waals surface area contributed by atoms with Crippen LogP contribution < -0.4 is 0 Å². The Balaban J connectivity index is 1.64. The topological polar surface area (TPSA) is 59.4 Å². The van der Waals surface area contributed by atoms with Crippen molar-refractivity contribution in [2.75, 3.05) is 7.05 Å². The van der Waals surface area contributed by atoms with Gasteiger partial charge in [-0.3, -0.25) is 4.79 Å². The van der Waals surface area contributed by atoms with Gasteiger partial charge in [0.1, 0.15) is 6.54 Å². The number of hydrogen-bond donors (Lipinski definition) is 0. The number of hydrogen-bond acceptors (Lipinski definition) is 3. The van der Waals surface area contributed by atoms with Crippen LogP contribution in [0.5, 0.6) is 0 Å². The number of carbonyl (C=O) groups is 1. The van der Waals surface area contributed by atoms with Crippen LogP contribution in [0, 0.1) is 6.92 Å². The summed E-state index contributed by atoms with van der Waals surface area (Å²) in [4.78, 5) is 15.2. The second kappa shape index (κ2) is 8.87. The molecular weight excluding hydrogens is 408 g/mol. The lowest BCUT2D eigenvalue weighted by molar-refractivity contribution is -0.133. The van der Waals surface area contributed by atoms with E-state index in [0.29, 0.717) is 10.3 Å². The quantitative estimate of drug-likeness (QED) is 0.560. The summed E-state index contributed by atoms with van der Waals surface area (Å²) in [5.74, 6) is -0.0284. The highest BCUT2D eigenvalue weighted by Crippen LogP contribution is 2.29. The van der Waals surface area contributed by atoms with Crippen molar-refractivity contribution in [2.24, 2.45) is 0 Å². The van der Waals surface area contributed by atoms with E-state index in [4.69, 9.17) is 0 Å². The van der Waals surface area contributed by atoms with Crippen LogP contribution in [0.15, 0.2) is 59.6 Å². The minimum absolute atomic E-state index is 0.0236. The number of amides is 1. The first-order valence-electron chi connectivity index (χ1n) is 11.0. The van der Waals surface area contributed by atoms with Crippen LogP contribution in [0.25, 0.3) is 10.9 Å². The Hall–Kier alpha value is -2.60. The number of fused-ring (bicyclic) bond motifs is 1. The van der Waals surface area contributed by atoms with Gasteiger partial charge in [-0.25, -0.2) is 8.42 Å². The predicted octanol–water partition coefficient (Wildman–Crippen LogP) is 4.71. The maximum absolute atomic E-state index is 13.3. The van der Waals surface area contributed by atoms with Gasteiger partial charge in [-0.2, -0.15) is 0 Å². The zero-order valence-electron chi connectivity index (χ0n) is 18.3. The summed E-state index contributed by atoms with van der Waals surface area (Å²) >= 11 is 0. The first-order chi connectivity index (χ1) is 14.9. The van der Waals surface area contributed by atoms with Crippen molar-refractivity contribution in [3.05, 3.63) is 65.9 Å². The van der Waals surface area contributed by atoms with Gasteiger partial charge in [0.25, 0.3) is 0 Å². The fourth-order valence-electron chi connectivity index (χ4n) is 4.58. The van der Waals surface area contributed by atoms with Crippen molar-refractivity contribution in [1.29, 1.82) is 0 Å². The molecule has 1 amide bonds. The molecule has 2 aromatic carbocycles. The molecule has 1 fully saturated rings. The van der Waals surface area contributed by atoms with Crippen LogP contribution in [0.3, 0.4) is 0 Å². The van der Waals surface area contributed by atoms with Crippen LogP contribution >= 0.6 is 0 Å². The van der Waals surface area contributed by atoms with Crippen LogP contribution in [-0.4, -0.2) is 36.9 Å². The number of para-hydroxylation sites is 1. The van der Waals surface area contributed by atoms with Gasteiger partial charge in [-0.15, -0.1) is 0 Å². The van der Waals surface area contributed by atoms with Crippen molar-refractivity contribution in [1.82, 2.24) is 9.47 Å². The van der Waals surface area contributed by atoms with Gasteiger partial charge >= 0.3 is 0 Å². The van der Waals surface area contributed by atoms with E-state index in [1.165, 1.54) is 6.42 Å². The van der Waals surface area contributed by atoms with E-state index in [1.807, 2.05) is 67.4 Å². The van der Waals surface area contributed by atoms with Crippen LogP contribution in [0.1, 0.15) is 43.2 Å². The molecule has 5 nitrogen and oxygen atoms in total. The number of rotatable bonds is 6. The monoisotopic (exact) mass is 438 g/mol. The normalized spacial score (nSPS) is 15.3. The molecule has 1 aromatic heterocycles. The van der Waals surface area contributed by atoms with E-state index in [1.54, 1.807) is 10.8 Å². The number of carbonyl (C=O) groups excluding carboxylic acids is 1. The maximum Gasteiger partial charge on any atom is 0.242 e. The van der Waals surface area contributed by atoms with E-state index >= 15 is 0 Å². The van der Waals surface area contributed by atoms with E-state index < -0.39 is 9.84 Å². The smallest absolute Gasteiger partial charge is 0.242 e. The van der Waals surface area contributed by atoms with E-state index in [9.17, 15) is 13.2 Å². The maximum atomic E-state index is 13.3. The highest BCUT2D eigenvalue weighted by Gasteiger charge is 2.25. The lowest BCUT2D eigenvalue weighted by Crippen LogP contribution is -2.40. The molecule has 0 saturated heterocycles. The van der Waals surface area contributed by atoms with Crippen molar-refractivity contribution < 1.29 is 13.2 Å². The van der Waals surface area contributed by atoms with Crippen molar-refractivity contribution >= 4 is 26.6 Å². The lowest BCUT2D eigenvalue weighted by Gasteiger charge is -2.31. The van der Waals surface area contributed by atoms with E-state index in [-0.39, 0.29) is 24.2 Å². The summed E-state index contributed by atoms with van der Waals surface area (Å²) < 4.78 is 28.5. The minimum atomic E-state index is -3.56. The minimum Gasteiger partial charge on any atom is -0.341 e. The summed E-state index contributed by atoms with van der Waals surface area (Å²) in [6.45, 7) is 2.07. The first kappa shape index (κ1) is 21.6. The number of aryl methyl sites for hydroxylation is 1. The average Bonchev–Trinajstić information content (AvgIpc) is 3.15. The molecule has 0 radical (unpaired) electrons. The fraction of sp³-hybridized carbons (Fsp3) is 0.400. The Kier molecular flexibility index (Phi) is 6.19. The molecule has 6 heteroatoms. The Morgan fingerprint density at radius 1 is 1.03 bits per heavy atom. The van der Waals surface area contributed by atoms with E-state index in [0.717, 1.165) is 42.3 Å². The van der Waals surface area contributed by atoms with Gasteiger partial charge in [0, 0.05) is 30.2 Å². The van der Waals surface area contributed by atoms with E-state index in [2.05, 4.69) is 0 Å². The molecule has 0 aliphatic heterocycles. The van der Waals surface area contributed by atoms with Crippen molar-refractivity contribution in [3.63, 3.8) is 0 Å². The Morgan fingerprint density at radius 3 is 2.45 bits per heavy atom. The summed E-state index contributed by atoms with van der Waals surface area (Å²) in [5, 5.41) is 0.671. The summed E-state index contributed by atoms with van der Waals surface area (Å²) in [5.41, 5.74) is 2.53. The van der Waals surface area contributed by atoms with Crippen LogP contribution in [0.4, 0.5) is 0 Å². The zero-order chi connectivity index (χ0) is 22.0. The van der Waals surface area contributed by atoms with Crippen LogP contribution in [-0.2, 0) is 26.9 Å². The molecule has 0 unspecified atom stereocenters. The largest absolute Gasteiger partial charge is 0.341 e. The van der Waals surface area contributed by atoms with Crippen molar-refractivity contribution in [3.8, 4) is 0 Å². The average molecular weight is 439 g/mol. The highest BCUT2D eigenvalue weighted by atomic mass is 32.2. The molecule has 1 aliphatic carbocycles. The number of benzene rings is 2. The van der Waals surface area contributed by atoms with Gasteiger partial charge in [0.05, 0.1) is 10.6 Å². The Morgan fingerprint density at radius 2 is 1.71 bits per heavy atom. The standard InChI is InChI=1S/C25H30N2O3S/c1-19-10-6-7-11-20(19)18-31(29,30)24-16-27(23-15-9-8-14-22(23)24)17-25(28)26(2)21-12-4-3-5-13-21/h6-11,14-16,21H,3-5,12-13,17-18H2,1-2H3. The summed E-state index contributed by atoms with van der Waals surface area (Å²) in [6.07, 6.45) is 7.30. The molecular formula is C25H30N2O3S. The molecule has 0 bridgehead atoms. The fourth-order valence-corrected chi connectivity index (χ4v) is 6.26. The highest BCUT2D eigenvalue weighted by molar-refractivity contribution is 7.90. The molecule has 0 atom stereocenters. The molecule has 3 aromatic rings. The third kappa shape index (κ3) is 4.54. The Bertz CT molecular complexity index is 1190. The predicted molar refractivity (Wildman–Crippen MR) is 124 cm³/mol. The number of aromatic nitrogens is 1. The molecule has 1 aliphatic rings. The third-order valence-corrected chi connectivity index (χ3v) is 8.20. The molecule has 31 heavy (non-hydrogen) atoms. The molecule has 4 rings (SSSR count). The second-order valence-corrected chi connectivity index (χ2v) is 10.6. The molecule has 1 saturated carbocycles. The lowest BCUT2D eigenvalue weighted by atomic mass is 9.94. The summed E-state index contributed by atoms with van der Waals surface area (Å²) in [7, 11) is -1.69. The first-order valence-corrected chi connectivity index (χ1v) is 12.6. The number of sulfone groups is 1. The molecule has 1 heterocycles. The van der Waals surface area contributed by atoms with Gasteiger partial charge in [-0.1, -0.05) is 61.7 Å². The number of nitrogens with zero attached hydrogens (tertiary/aromatic N) is 2. The molecule has 0 N–H and O–H groups in total. The Labute approximate surface area is 184 Å². The van der Waals surface area contributed by atoms with Gasteiger partial charge in [0.2, 0.25) is 5.91 Å². The summed E-state index contributed by atoms with van der Waals surface area (Å²) in [6, 6.07) is 15.3. The van der Waals surface area contributed by atoms with Gasteiger partial charge < -0.3 is 9.47 Å². The zero-order valence-corrected chi connectivity index (χ0v) is 19.1. The second-order valence-electron chi connectivity index (χ2n) is 8.62. The molecule has 0 spiro atoms. The van der Waals surface area contributed by atoms with Gasteiger partial charge in [0.15, 0.2) is 9.84 Å². The van der Waals surface area contributed by atoms with Gasteiger partial charge in [-0.05, 0) is 37.0 Å². The SMILES string of the molecule is Cc1ccccc1CS(=O)(=O)c1cn(CC(=O)N(C)C2CCCCC2)c2ccccc12. The van der Waals surface area contributed by atoms with Crippen molar-refractivity contribution in [2.45, 2.75) is 62.3 Å².